The van der Waals surface area contributed by atoms with Crippen LogP contribution in [0.1, 0.15) is 36.2 Å². The predicted octanol–water partition coefficient (Wildman–Crippen LogP) is 2.58. The summed E-state index contributed by atoms with van der Waals surface area (Å²) >= 11 is 0. The zero-order chi connectivity index (χ0) is 20.3. The number of urea groups is 1. The number of para-hydroxylation sites is 1. The maximum atomic E-state index is 13.1. The van der Waals surface area contributed by atoms with E-state index < -0.39 is 18.0 Å². The Morgan fingerprint density at radius 2 is 2.11 bits per heavy atom. The van der Waals surface area contributed by atoms with Crippen LogP contribution >= 0.6 is 0 Å². The van der Waals surface area contributed by atoms with Gasteiger partial charge in [-0.3, -0.25) is 14.6 Å². The highest BCUT2D eigenvalue weighted by atomic mass is 16.2. The van der Waals surface area contributed by atoms with Gasteiger partial charge in [0.1, 0.15) is 6.04 Å². The summed E-state index contributed by atoms with van der Waals surface area (Å²) in [4.78, 5) is 42.8. The highest BCUT2D eigenvalue weighted by Gasteiger charge is 2.36. The first-order valence-electron chi connectivity index (χ1n) is 9.12. The molecule has 2 heterocycles. The number of primary amides is 1. The molecule has 0 aliphatic carbocycles. The molecule has 0 saturated carbocycles. The van der Waals surface area contributed by atoms with E-state index in [1.54, 1.807) is 0 Å². The van der Waals surface area contributed by atoms with Gasteiger partial charge in [0.15, 0.2) is 0 Å². The number of nitrogens with zero attached hydrogens (tertiary/aromatic N) is 2. The lowest BCUT2D eigenvalue weighted by atomic mass is 9.97. The second-order valence-electron chi connectivity index (χ2n) is 6.86. The molecule has 3 rings (SSSR count). The number of benzene rings is 1. The van der Waals surface area contributed by atoms with Crippen LogP contribution in [0.3, 0.4) is 0 Å². The van der Waals surface area contributed by atoms with E-state index in [9.17, 15) is 14.4 Å². The van der Waals surface area contributed by atoms with Crippen molar-refractivity contribution >= 4 is 29.2 Å². The van der Waals surface area contributed by atoms with Gasteiger partial charge in [0.25, 0.3) is 0 Å². The number of anilines is 2. The van der Waals surface area contributed by atoms with E-state index >= 15 is 0 Å². The molecular weight excluding hydrogens is 358 g/mol. The van der Waals surface area contributed by atoms with Crippen LogP contribution in [0, 0.1) is 5.92 Å². The molecule has 8 heteroatoms. The minimum absolute atomic E-state index is 0.0462. The Balaban J connectivity index is 1.93. The van der Waals surface area contributed by atoms with Crippen molar-refractivity contribution in [3.05, 3.63) is 53.9 Å². The Labute approximate surface area is 163 Å². The monoisotopic (exact) mass is 381 g/mol. The number of pyridine rings is 1. The summed E-state index contributed by atoms with van der Waals surface area (Å²) in [5, 5.41) is 5.66. The third-order valence-corrected chi connectivity index (χ3v) is 4.94. The van der Waals surface area contributed by atoms with Crippen LogP contribution in [0.4, 0.5) is 16.2 Å². The van der Waals surface area contributed by atoms with Crippen LogP contribution in [0.5, 0.6) is 0 Å². The second kappa shape index (κ2) is 8.08. The molecule has 1 aliphatic heterocycles. The molecule has 0 spiro atoms. The minimum atomic E-state index is -0.635. The largest absolute Gasteiger partial charge is 0.366 e. The zero-order valence-corrected chi connectivity index (χ0v) is 15.8. The number of amides is 4. The number of aromatic nitrogens is 1. The number of fused-ring (bicyclic) bond motifs is 1. The van der Waals surface area contributed by atoms with E-state index in [-0.39, 0.29) is 23.9 Å². The molecule has 0 bridgehead atoms. The molecule has 4 amide bonds. The molecule has 2 atom stereocenters. The Kier molecular flexibility index (Phi) is 5.58. The normalized spacial score (nSPS) is 17.1. The third kappa shape index (κ3) is 3.95. The Morgan fingerprint density at radius 1 is 1.36 bits per heavy atom. The highest BCUT2D eigenvalue weighted by Crippen LogP contribution is 2.27. The molecule has 0 saturated heterocycles. The topological polar surface area (TPSA) is 117 Å². The fourth-order valence-electron chi connectivity index (χ4n) is 3.24. The van der Waals surface area contributed by atoms with Gasteiger partial charge in [0, 0.05) is 11.9 Å². The number of rotatable bonds is 4. The fraction of sp³-hybridized carbons (Fsp3) is 0.300. The van der Waals surface area contributed by atoms with Gasteiger partial charge in [-0.1, -0.05) is 38.5 Å². The number of nitrogens with one attached hydrogen (secondary N) is 2. The van der Waals surface area contributed by atoms with Gasteiger partial charge in [0.2, 0.25) is 11.8 Å². The Morgan fingerprint density at radius 3 is 2.82 bits per heavy atom. The van der Waals surface area contributed by atoms with Gasteiger partial charge < -0.3 is 21.3 Å². The van der Waals surface area contributed by atoms with E-state index in [1.807, 2.05) is 38.1 Å². The molecule has 1 aromatic carbocycles. The van der Waals surface area contributed by atoms with Crippen molar-refractivity contribution < 1.29 is 14.4 Å². The molecule has 0 fully saturated rings. The summed E-state index contributed by atoms with van der Waals surface area (Å²) < 4.78 is 0. The van der Waals surface area contributed by atoms with Gasteiger partial charge in [-0.25, -0.2) is 4.79 Å². The summed E-state index contributed by atoms with van der Waals surface area (Å²) in [5.74, 6) is -0.905. The summed E-state index contributed by atoms with van der Waals surface area (Å²) in [6, 6.07) is 7.79. The molecule has 0 radical (unpaired) electrons. The van der Waals surface area contributed by atoms with E-state index in [1.165, 1.54) is 23.4 Å². The van der Waals surface area contributed by atoms with Crippen LogP contribution in [0.15, 0.2) is 42.7 Å². The smallest absolute Gasteiger partial charge is 0.322 e. The van der Waals surface area contributed by atoms with Crippen molar-refractivity contribution in [2.45, 2.75) is 32.9 Å². The van der Waals surface area contributed by atoms with Crippen molar-refractivity contribution in [3.63, 3.8) is 0 Å². The number of hydrogen-bond acceptors (Lipinski definition) is 4. The van der Waals surface area contributed by atoms with E-state index in [4.69, 9.17) is 5.73 Å². The van der Waals surface area contributed by atoms with Gasteiger partial charge in [-0.05, 0) is 23.6 Å². The molecule has 1 aromatic heterocycles. The van der Waals surface area contributed by atoms with Crippen LogP contribution < -0.4 is 16.4 Å². The molecule has 8 nitrogen and oxygen atoms in total. The molecule has 2 unspecified atom stereocenters. The SMILES string of the molecule is CCC(C)C1C(=O)Nc2ccccc2CN1C(=O)Nc1cncc(C(N)=O)c1. The molecule has 1 aliphatic rings. The van der Waals surface area contributed by atoms with Crippen LogP contribution in [-0.4, -0.2) is 33.8 Å². The lowest BCUT2D eigenvalue weighted by Crippen LogP contribution is -2.50. The average Bonchev–Trinajstić information content (AvgIpc) is 2.83. The van der Waals surface area contributed by atoms with Crippen molar-refractivity contribution in [1.29, 1.82) is 0 Å². The van der Waals surface area contributed by atoms with Crippen LogP contribution in [-0.2, 0) is 11.3 Å². The summed E-state index contributed by atoms with van der Waals surface area (Å²) in [6.07, 6.45) is 3.49. The summed E-state index contributed by atoms with van der Waals surface area (Å²) in [7, 11) is 0. The third-order valence-electron chi connectivity index (χ3n) is 4.94. The first kappa shape index (κ1) is 19.3. The van der Waals surface area contributed by atoms with E-state index in [0.717, 1.165) is 12.0 Å². The number of hydrogen-bond donors (Lipinski definition) is 3. The molecule has 2 aromatic rings. The molecule has 28 heavy (non-hydrogen) atoms. The fourth-order valence-corrected chi connectivity index (χ4v) is 3.24. The van der Waals surface area contributed by atoms with Gasteiger partial charge in [-0.2, -0.15) is 0 Å². The maximum absolute atomic E-state index is 13.1. The highest BCUT2D eigenvalue weighted by molar-refractivity contribution is 6.01. The van der Waals surface area contributed by atoms with E-state index in [2.05, 4.69) is 15.6 Å². The van der Waals surface area contributed by atoms with Crippen LogP contribution in [0.25, 0.3) is 0 Å². The lowest BCUT2D eigenvalue weighted by Gasteiger charge is -2.32. The number of nitrogens with two attached hydrogens (primary N) is 1. The number of carbonyl (C=O) groups is 3. The molecular formula is C20H23N5O3. The Hall–Kier alpha value is -3.42. The van der Waals surface area contributed by atoms with Gasteiger partial charge in [0.05, 0.1) is 24.0 Å². The summed E-state index contributed by atoms with van der Waals surface area (Å²) in [5.41, 5.74) is 7.35. The van der Waals surface area contributed by atoms with Crippen LogP contribution in [0.2, 0.25) is 0 Å². The lowest BCUT2D eigenvalue weighted by molar-refractivity contribution is -0.121. The number of carbonyl (C=O) groups excluding carboxylic acids is 3. The van der Waals surface area contributed by atoms with Crippen molar-refractivity contribution in [3.8, 4) is 0 Å². The first-order chi connectivity index (χ1) is 13.4. The van der Waals surface area contributed by atoms with Gasteiger partial charge >= 0.3 is 6.03 Å². The average molecular weight is 381 g/mol. The standard InChI is InChI=1S/C20H23N5O3/c1-3-12(2)17-19(27)24-16-7-5-4-6-13(16)11-25(17)20(28)23-15-8-14(18(21)26)9-22-10-15/h4-10,12,17H,3,11H2,1-2H3,(H2,21,26)(H,23,28)(H,24,27). The Bertz CT molecular complexity index is 914. The van der Waals surface area contributed by atoms with Crippen molar-refractivity contribution in [2.24, 2.45) is 11.7 Å². The quantitative estimate of drug-likeness (QED) is 0.754. The molecule has 146 valence electrons. The maximum Gasteiger partial charge on any atom is 0.322 e. The summed E-state index contributed by atoms with van der Waals surface area (Å²) in [6.45, 7) is 4.20. The second-order valence-corrected chi connectivity index (χ2v) is 6.86. The zero-order valence-electron chi connectivity index (χ0n) is 15.8. The van der Waals surface area contributed by atoms with Crippen molar-refractivity contribution in [2.75, 3.05) is 10.6 Å². The van der Waals surface area contributed by atoms with Gasteiger partial charge in [-0.15, -0.1) is 0 Å². The minimum Gasteiger partial charge on any atom is -0.366 e. The molecule has 4 N–H and O–H groups in total. The predicted molar refractivity (Wildman–Crippen MR) is 106 cm³/mol. The van der Waals surface area contributed by atoms with E-state index in [0.29, 0.717) is 11.4 Å². The van der Waals surface area contributed by atoms with Crippen molar-refractivity contribution in [1.82, 2.24) is 9.88 Å². The first-order valence-corrected chi connectivity index (χ1v) is 9.12.